The average Bonchev–Trinajstić information content (AvgIpc) is 2.17. The monoisotopic (exact) mass is 180 g/mol. The molecule has 0 bridgehead atoms. The van der Waals surface area contributed by atoms with Gasteiger partial charge in [-0.25, -0.2) is 0 Å². The van der Waals surface area contributed by atoms with Crippen LogP contribution in [0, 0.1) is 0 Å². The number of unbranched alkanes of at least 4 members (excludes halogenated alkanes) is 2. The van der Waals surface area contributed by atoms with E-state index in [1.165, 1.54) is 38.3 Å². The second-order valence-electron chi connectivity index (χ2n) is 3.79. The first-order valence-corrected chi connectivity index (χ1v) is 5.98. The van der Waals surface area contributed by atoms with Crippen LogP contribution >= 0.6 is 0 Å². The zero-order valence-electron chi connectivity index (χ0n) is 9.90. The number of allylic oxidation sites excluding steroid dienone is 2. The van der Waals surface area contributed by atoms with Crippen molar-refractivity contribution in [3.05, 3.63) is 11.5 Å². The number of hydrogen-bond acceptors (Lipinski definition) is 0. The topological polar surface area (TPSA) is 0 Å². The van der Waals surface area contributed by atoms with Crippen molar-refractivity contribution in [2.75, 3.05) is 0 Å². The van der Waals surface area contributed by atoms with Crippen LogP contribution in [0.25, 0.3) is 0 Å². The molecule has 0 atom stereocenters. The van der Waals surface area contributed by atoms with Gasteiger partial charge in [-0.15, -0.1) is 5.47 Å². The third-order valence-electron chi connectivity index (χ3n) is 2.88. The summed E-state index contributed by atoms with van der Waals surface area (Å²) < 4.78 is 0. The van der Waals surface area contributed by atoms with Crippen molar-refractivity contribution in [3.8, 4) is 0 Å². The van der Waals surface area contributed by atoms with Gasteiger partial charge < -0.3 is 0 Å². The Balaban J connectivity index is 4.04. The van der Waals surface area contributed by atoms with Crippen LogP contribution in [0.15, 0.2) is 11.5 Å². The summed E-state index contributed by atoms with van der Waals surface area (Å²) in [5.74, 6) is 0. The van der Waals surface area contributed by atoms with Crippen LogP contribution in [0.4, 0.5) is 0 Å². The molecule has 0 unspecified atom stereocenters. The van der Waals surface area contributed by atoms with Crippen molar-refractivity contribution >= 4 is 6.71 Å². The minimum absolute atomic E-state index is 0.849. The smallest absolute Gasteiger partial charge is 0.105 e. The highest BCUT2D eigenvalue weighted by Gasteiger charge is 2.11. The Morgan fingerprint density at radius 3 is 2.08 bits per heavy atom. The summed E-state index contributed by atoms with van der Waals surface area (Å²) in [7, 11) is 0. The molecule has 0 radical (unpaired) electrons. The van der Waals surface area contributed by atoms with Crippen LogP contribution in [0.5, 0.6) is 0 Å². The molecule has 0 aliphatic carbocycles. The molecular weight excluding hydrogens is 155 g/mol. The molecule has 0 nitrogen and oxygen atoms in total. The Labute approximate surface area is 84.9 Å². The molecule has 0 aromatic rings. The van der Waals surface area contributed by atoms with Gasteiger partial charge in [0.15, 0.2) is 6.71 Å². The molecular formula is C12H25B. The maximum Gasteiger partial charge on any atom is 0.169 e. The fourth-order valence-corrected chi connectivity index (χ4v) is 1.90. The average molecular weight is 180 g/mol. The van der Waals surface area contributed by atoms with E-state index in [2.05, 4.69) is 33.8 Å². The highest BCUT2D eigenvalue weighted by atomic mass is 13.9. The molecule has 0 aliphatic rings. The molecule has 0 fully saturated rings. The van der Waals surface area contributed by atoms with Crippen LogP contribution in [-0.4, -0.2) is 6.71 Å². The van der Waals surface area contributed by atoms with Crippen molar-refractivity contribution in [1.82, 2.24) is 0 Å². The Kier molecular flexibility index (Phi) is 8.28. The lowest BCUT2D eigenvalue weighted by Gasteiger charge is -2.12. The number of rotatable bonds is 7. The number of hydrogen-bond donors (Lipinski definition) is 0. The molecule has 0 N–H and O–H groups in total. The van der Waals surface area contributed by atoms with Gasteiger partial charge in [0.2, 0.25) is 0 Å². The highest BCUT2D eigenvalue weighted by molar-refractivity contribution is 6.66. The highest BCUT2D eigenvalue weighted by Crippen LogP contribution is 2.15. The van der Waals surface area contributed by atoms with E-state index in [1.807, 2.05) is 0 Å². The second-order valence-corrected chi connectivity index (χ2v) is 3.79. The van der Waals surface area contributed by atoms with E-state index in [-0.39, 0.29) is 0 Å². The molecule has 13 heavy (non-hydrogen) atoms. The normalized spacial score (nSPS) is 11.8. The van der Waals surface area contributed by atoms with E-state index in [0.29, 0.717) is 0 Å². The van der Waals surface area contributed by atoms with Crippen molar-refractivity contribution in [1.29, 1.82) is 0 Å². The van der Waals surface area contributed by atoms with Gasteiger partial charge in [0.05, 0.1) is 0 Å². The first kappa shape index (κ1) is 12.8. The summed E-state index contributed by atoms with van der Waals surface area (Å²) >= 11 is 0. The Morgan fingerprint density at radius 2 is 1.69 bits per heavy atom. The van der Waals surface area contributed by atoms with Gasteiger partial charge in [-0.2, -0.15) is 0 Å². The van der Waals surface area contributed by atoms with Gasteiger partial charge in [-0.05, 0) is 12.8 Å². The molecule has 0 aliphatic heterocycles. The Hall–Kier alpha value is -0.195. The first-order valence-electron chi connectivity index (χ1n) is 5.98. The van der Waals surface area contributed by atoms with Crippen LogP contribution in [-0.2, 0) is 0 Å². The van der Waals surface area contributed by atoms with Gasteiger partial charge in [-0.3, -0.25) is 0 Å². The molecule has 0 aromatic carbocycles. The molecule has 1 heteroatoms. The lowest BCUT2D eigenvalue weighted by atomic mass is 9.40. The molecule has 0 saturated carbocycles. The minimum Gasteiger partial charge on any atom is -0.105 e. The fourth-order valence-electron chi connectivity index (χ4n) is 1.90. The molecule has 0 heterocycles. The van der Waals surface area contributed by atoms with Gasteiger partial charge in [-0.1, -0.05) is 59.3 Å². The fraction of sp³-hybridized carbons (Fsp3) is 0.833. The van der Waals surface area contributed by atoms with Crippen LogP contribution in [0.2, 0.25) is 12.6 Å². The van der Waals surface area contributed by atoms with Gasteiger partial charge >= 0.3 is 0 Å². The Morgan fingerprint density at radius 1 is 1.08 bits per heavy atom. The quantitative estimate of drug-likeness (QED) is 0.397. The lowest BCUT2D eigenvalue weighted by Crippen LogP contribution is -2.13. The lowest BCUT2D eigenvalue weighted by molar-refractivity contribution is 0.810. The molecule has 0 rings (SSSR count). The Bertz CT molecular complexity index is 134. The van der Waals surface area contributed by atoms with Crippen molar-refractivity contribution < 1.29 is 0 Å². The zero-order chi connectivity index (χ0) is 10.1. The van der Waals surface area contributed by atoms with E-state index in [4.69, 9.17) is 0 Å². The maximum atomic E-state index is 2.49. The predicted molar refractivity (Wildman–Crippen MR) is 64.6 cm³/mol. The van der Waals surface area contributed by atoms with Crippen LogP contribution < -0.4 is 0 Å². The summed E-state index contributed by atoms with van der Waals surface area (Å²) in [6.07, 6.45) is 10.3. The maximum absolute atomic E-state index is 2.49. The van der Waals surface area contributed by atoms with Crippen LogP contribution in [0.1, 0.15) is 53.4 Å². The summed E-state index contributed by atoms with van der Waals surface area (Å²) in [5.41, 5.74) is 1.69. The summed E-state index contributed by atoms with van der Waals surface area (Å²) in [6, 6.07) is 0. The SMILES string of the molecule is CCCC/C=C(/CC)B(CC)CC. The van der Waals surface area contributed by atoms with Crippen molar-refractivity contribution in [2.45, 2.75) is 66.0 Å². The molecule has 0 amide bonds. The standard InChI is InChI=1S/C12H25B/c1-5-9-10-11-12(6-2)13(7-3)8-4/h11H,5-10H2,1-4H3/b12-11-. The van der Waals surface area contributed by atoms with Gasteiger partial charge in [0, 0.05) is 0 Å². The van der Waals surface area contributed by atoms with Gasteiger partial charge in [0.1, 0.15) is 0 Å². The van der Waals surface area contributed by atoms with Gasteiger partial charge in [0.25, 0.3) is 0 Å². The van der Waals surface area contributed by atoms with Crippen molar-refractivity contribution in [3.63, 3.8) is 0 Å². The zero-order valence-corrected chi connectivity index (χ0v) is 9.90. The molecule has 0 spiro atoms. The molecule has 76 valence electrons. The van der Waals surface area contributed by atoms with E-state index in [1.54, 1.807) is 5.47 Å². The molecule has 0 saturated heterocycles. The summed E-state index contributed by atoms with van der Waals surface area (Å²) in [6.45, 7) is 10.0. The third kappa shape index (κ3) is 5.18. The van der Waals surface area contributed by atoms with Crippen molar-refractivity contribution in [2.24, 2.45) is 0 Å². The minimum atomic E-state index is 0.849. The van der Waals surface area contributed by atoms with Crippen LogP contribution in [0.3, 0.4) is 0 Å². The second kappa shape index (κ2) is 8.41. The van der Waals surface area contributed by atoms with E-state index >= 15 is 0 Å². The van der Waals surface area contributed by atoms with E-state index in [0.717, 1.165) is 6.71 Å². The van der Waals surface area contributed by atoms with E-state index in [9.17, 15) is 0 Å². The van der Waals surface area contributed by atoms with E-state index < -0.39 is 0 Å². The third-order valence-corrected chi connectivity index (χ3v) is 2.88. The molecule has 0 aromatic heterocycles. The summed E-state index contributed by atoms with van der Waals surface area (Å²) in [5, 5.41) is 0. The first-order chi connectivity index (χ1) is 6.29. The summed E-state index contributed by atoms with van der Waals surface area (Å²) in [4.78, 5) is 0. The predicted octanol–water partition coefficient (Wildman–Crippen LogP) is 4.59. The largest absolute Gasteiger partial charge is 0.169 e.